The molecule has 2 heterocycles. The van der Waals surface area contributed by atoms with Gasteiger partial charge in [0, 0.05) is 72.3 Å². The smallest absolute Gasteiger partial charge is 0.222 e. The number of guanidine groups is 1. The van der Waals surface area contributed by atoms with Crippen LogP contribution in [0.2, 0.25) is 0 Å². The molecule has 0 aromatic rings. The number of likely N-dealkylation sites (tertiary alicyclic amines) is 1. The van der Waals surface area contributed by atoms with Crippen molar-refractivity contribution in [3.05, 3.63) is 0 Å². The lowest BCUT2D eigenvalue weighted by Gasteiger charge is -2.36. The minimum atomic E-state index is -0.185. The number of ether oxygens (including phenoxy) is 2. The fraction of sp³-hybridized carbons (Fsp3) is 0.875. The van der Waals surface area contributed by atoms with Gasteiger partial charge in [-0.25, -0.2) is 0 Å². The molecule has 2 fully saturated rings. The number of amides is 1. The lowest BCUT2D eigenvalue weighted by molar-refractivity contribution is -0.129. The number of carbonyl (C=O) groups is 1. The van der Waals surface area contributed by atoms with Gasteiger partial charge < -0.3 is 25.0 Å². The summed E-state index contributed by atoms with van der Waals surface area (Å²) < 4.78 is 11.1. The standard InChI is InChI=1S/C16H30N4O3.HI/c1-4-14(21)20-8-5-13(11-20)19-15(17-2)18-12-16(22-3)6-9-23-10-7-16;/h13H,4-12H2,1-3H3,(H2,17,18,19);1H. The molecule has 0 aliphatic carbocycles. The minimum absolute atomic E-state index is 0. The summed E-state index contributed by atoms with van der Waals surface area (Å²) in [4.78, 5) is 18.0. The average molecular weight is 454 g/mol. The van der Waals surface area contributed by atoms with Crippen molar-refractivity contribution in [2.45, 2.75) is 44.2 Å². The molecule has 140 valence electrons. The maximum Gasteiger partial charge on any atom is 0.222 e. The Balaban J connectivity index is 0.00000288. The summed E-state index contributed by atoms with van der Waals surface area (Å²) in [5.74, 6) is 0.988. The first-order valence-electron chi connectivity index (χ1n) is 8.50. The van der Waals surface area contributed by atoms with E-state index >= 15 is 0 Å². The van der Waals surface area contributed by atoms with Gasteiger partial charge in [-0.15, -0.1) is 24.0 Å². The Morgan fingerprint density at radius 1 is 1.42 bits per heavy atom. The van der Waals surface area contributed by atoms with Crippen LogP contribution in [0.25, 0.3) is 0 Å². The van der Waals surface area contributed by atoms with Gasteiger partial charge >= 0.3 is 0 Å². The van der Waals surface area contributed by atoms with Gasteiger partial charge in [-0.1, -0.05) is 6.92 Å². The number of nitrogens with one attached hydrogen (secondary N) is 2. The Kier molecular flexibility index (Phi) is 9.28. The van der Waals surface area contributed by atoms with Crippen LogP contribution >= 0.6 is 24.0 Å². The largest absolute Gasteiger partial charge is 0.381 e. The first-order chi connectivity index (χ1) is 11.1. The van der Waals surface area contributed by atoms with Gasteiger partial charge in [0.1, 0.15) is 0 Å². The van der Waals surface area contributed by atoms with Crippen molar-refractivity contribution in [3.8, 4) is 0 Å². The van der Waals surface area contributed by atoms with Crippen LogP contribution in [-0.2, 0) is 14.3 Å². The van der Waals surface area contributed by atoms with Gasteiger partial charge in [0.25, 0.3) is 0 Å². The average Bonchev–Trinajstić information content (AvgIpc) is 3.07. The second-order valence-electron chi connectivity index (χ2n) is 6.25. The van der Waals surface area contributed by atoms with Crippen LogP contribution in [0, 0.1) is 0 Å². The Morgan fingerprint density at radius 3 is 2.71 bits per heavy atom. The van der Waals surface area contributed by atoms with Crippen molar-refractivity contribution in [1.29, 1.82) is 0 Å². The monoisotopic (exact) mass is 454 g/mol. The second-order valence-corrected chi connectivity index (χ2v) is 6.25. The number of hydrogen-bond acceptors (Lipinski definition) is 4. The highest BCUT2D eigenvalue weighted by Gasteiger charge is 2.33. The van der Waals surface area contributed by atoms with Gasteiger partial charge in [-0.3, -0.25) is 9.79 Å². The van der Waals surface area contributed by atoms with E-state index in [1.807, 2.05) is 11.8 Å². The van der Waals surface area contributed by atoms with Gasteiger partial charge in [0.15, 0.2) is 5.96 Å². The number of rotatable bonds is 5. The molecular formula is C16H31IN4O3. The van der Waals surface area contributed by atoms with Crippen LogP contribution in [0.4, 0.5) is 0 Å². The van der Waals surface area contributed by atoms with Gasteiger partial charge in [-0.05, 0) is 6.42 Å². The molecule has 0 saturated carbocycles. The first kappa shape index (κ1) is 21.4. The molecule has 2 saturated heterocycles. The van der Waals surface area contributed by atoms with E-state index in [0.29, 0.717) is 13.0 Å². The number of nitrogens with zero attached hydrogens (tertiary/aromatic N) is 2. The molecule has 0 radical (unpaired) electrons. The number of methoxy groups -OCH3 is 1. The van der Waals surface area contributed by atoms with E-state index in [9.17, 15) is 4.79 Å². The lowest BCUT2D eigenvalue weighted by Crippen LogP contribution is -2.52. The SMILES string of the molecule is CCC(=O)N1CCC(NC(=NC)NCC2(OC)CCOCC2)C1.I. The molecule has 0 spiro atoms. The fourth-order valence-electron chi connectivity index (χ4n) is 3.16. The van der Waals surface area contributed by atoms with E-state index in [4.69, 9.17) is 9.47 Å². The Hall–Kier alpha value is -0.610. The molecule has 0 aromatic heterocycles. The van der Waals surface area contributed by atoms with Crippen molar-refractivity contribution >= 4 is 35.8 Å². The van der Waals surface area contributed by atoms with Crippen LogP contribution in [0.3, 0.4) is 0 Å². The van der Waals surface area contributed by atoms with Crippen molar-refractivity contribution in [1.82, 2.24) is 15.5 Å². The third-order valence-corrected chi connectivity index (χ3v) is 4.82. The summed E-state index contributed by atoms with van der Waals surface area (Å²) in [5.41, 5.74) is -0.185. The Labute approximate surface area is 161 Å². The summed E-state index contributed by atoms with van der Waals surface area (Å²) in [5, 5.41) is 6.78. The van der Waals surface area contributed by atoms with E-state index in [1.165, 1.54) is 0 Å². The molecule has 2 rings (SSSR count). The molecule has 8 heteroatoms. The predicted octanol–water partition coefficient (Wildman–Crippen LogP) is 0.976. The minimum Gasteiger partial charge on any atom is -0.381 e. The second kappa shape index (κ2) is 10.4. The molecule has 7 nitrogen and oxygen atoms in total. The van der Waals surface area contributed by atoms with Gasteiger partial charge in [-0.2, -0.15) is 0 Å². The number of aliphatic imine (C=N–C) groups is 1. The molecule has 1 atom stereocenters. The van der Waals surface area contributed by atoms with Crippen LogP contribution < -0.4 is 10.6 Å². The van der Waals surface area contributed by atoms with Crippen LogP contribution in [0.15, 0.2) is 4.99 Å². The molecule has 2 aliphatic heterocycles. The van der Waals surface area contributed by atoms with Crippen molar-refractivity contribution in [2.75, 3.05) is 47.0 Å². The summed E-state index contributed by atoms with van der Waals surface area (Å²) in [6.45, 7) is 5.65. The quantitative estimate of drug-likeness (QED) is 0.368. The number of carbonyl (C=O) groups excluding carboxylic acids is 1. The van der Waals surface area contributed by atoms with Crippen molar-refractivity contribution in [2.24, 2.45) is 4.99 Å². The molecule has 2 N–H and O–H groups in total. The van der Waals surface area contributed by atoms with E-state index in [1.54, 1.807) is 14.2 Å². The van der Waals surface area contributed by atoms with Crippen molar-refractivity contribution in [3.63, 3.8) is 0 Å². The van der Waals surface area contributed by atoms with E-state index in [-0.39, 0.29) is 41.5 Å². The maximum atomic E-state index is 11.8. The molecule has 24 heavy (non-hydrogen) atoms. The highest BCUT2D eigenvalue weighted by Crippen LogP contribution is 2.23. The summed E-state index contributed by atoms with van der Waals surface area (Å²) in [6.07, 6.45) is 3.29. The normalized spacial score (nSPS) is 23.5. The zero-order chi connectivity index (χ0) is 16.7. The molecular weight excluding hydrogens is 423 g/mol. The fourth-order valence-corrected chi connectivity index (χ4v) is 3.16. The van der Waals surface area contributed by atoms with E-state index in [2.05, 4.69) is 15.6 Å². The van der Waals surface area contributed by atoms with Crippen LogP contribution in [-0.4, -0.2) is 75.4 Å². The molecule has 1 amide bonds. The summed E-state index contributed by atoms with van der Waals surface area (Å²) in [6, 6.07) is 0.255. The Morgan fingerprint density at radius 2 is 2.12 bits per heavy atom. The van der Waals surface area contributed by atoms with Crippen LogP contribution in [0.1, 0.15) is 32.6 Å². The number of hydrogen-bond donors (Lipinski definition) is 2. The number of halogens is 1. The highest BCUT2D eigenvalue weighted by atomic mass is 127. The van der Waals surface area contributed by atoms with Gasteiger partial charge in [0.05, 0.1) is 5.60 Å². The summed E-state index contributed by atoms with van der Waals surface area (Å²) >= 11 is 0. The molecule has 0 bridgehead atoms. The topological polar surface area (TPSA) is 75.2 Å². The van der Waals surface area contributed by atoms with E-state index < -0.39 is 0 Å². The third kappa shape index (κ3) is 5.73. The maximum absolute atomic E-state index is 11.8. The van der Waals surface area contributed by atoms with E-state index in [0.717, 1.165) is 51.5 Å². The van der Waals surface area contributed by atoms with Crippen molar-refractivity contribution < 1.29 is 14.3 Å². The zero-order valence-electron chi connectivity index (χ0n) is 15.0. The molecule has 2 aliphatic rings. The van der Waals surface area contributed by atoms with Crippen LogP contribution in [0.5, 0.6) is 0 Å². The zero-order valence-corrected chi connectivity index (χ0v) is 17.3. The highest BCUT2D eigenvalue weighted by molar-refractivity contribution is 14.0. The lowest BCUT2D eigenvalue weighted by atomic mass is 9.94. The third-order valence-electron chi connectivity index (χ3n) is 4.82. The summed E-state index contributed by atoms with van der Waals surface area (Å²) in [7, 11) is 3.52. The first-order valence-corrected chi connectivity index (χ1v) is 8.50. The molecule has 0 aromatic carbocycles. The Bertz CT molecular complexity index is 428. The van der Waals surface area contributed by atoms with Gasteiger partial charge in [0.2, 0.25) is 5.91 Å². The molecule has 1 unspecified atom stereocenters. The predicted molar refractivity (Wildman–Crippen MR) is 105 cm³/mol.